The highest BCUT2D eigenvalue weighted by molar-refractivity contribution is 6.54. The summed E-state index contributed by atoms with van der Waals surface area (Å²) in [5.41, 5.74) is 3.27. The van der Waals surface area contributed by atoms with Gasteiger partial charge in [0.25, 0.3) is 5.91 Å². The number of piperidine rings is 1. The van der Waals surface area contributed by atoms with Gasteiger partial charge in [-0.3, -0.25) is 14.6 Å². The first-order valence-corrected chi connectivity index (χ1v) is 8.60. The Morgan fingerprint density at radius 3 is 2.38 bits per heavy atom. The van der Waals surface area contributed by atoms with Crippen molar-refractivity contribution >= 4 is 23.0 Å². The van der Waals surface area contributed by atoms with Gasteiger partial charge in [0.1, 0.15) is 5.71 Å². The van der Waals surface area contributed by atoms with Crippen molar-refractivity contribution in [1.29, 1.82) is 0 Å². The molecule has 2 aliphatic heterocycles. The number of hydrogen-bond acceptors (Lipinski definition) is 3. The Balaban J connectivity index is 1.67. The van der Waals surface area contributed by atoms with Crippen molar-refractivity contribution in [2.45, 2.75) is 19.3 Å². The van der Waals surface area contributed by atoms with Crippen LogP contribution in [0.3, 0.4) is 0 Å². The van der Waals surface area contributed by atoms with Crippen LogP contribution in [0, 0.1) is 0 Å². The summed E-state index contributed by atoms with van der Waals surface area (Å²) >= 11 is 0. The Bertz CT molecular complexity index is 763. The lowest BCUT2D eigenvalue weighted by Gasteiger charge is -2.30. The normalized spacial score (nSPS) is 19.8. The van der Waals surface area contributed by atoms with Crippen molar-refractivity contribution < 1.29 is 4.79 Å². The Labute approximate surface area is 142 Å². The number of carbonyl (C=O) groups excluding carboxylic acids is 1. The minimum absolute atomic E-state index is 0.00521. The highest BCUT2D eigenvalue weighted by atomic mass is 16.2. The van der Waals surface area contributed by atoms with Gasteiger partial charge in [-0.2, -0.15) is 0 Å². The largest absolute Gasteiger partial charge is 0.293 e. The highest BCUT2D eigenvalue weighted by Gasteiger charge is 2.34. The number of para-hydroxylation sites is 2. The van der Waals surface area contributed by atoms with E-state index in [1.807, 2.05) is 59.5 Å². The van der Waals surface area contributed by atoms with Crippen LogP contribution in [-0.2, 0) is 4.79 Å². The number of rotatable bonds is 3. The number of likely N-dealkylation sites (tertiary alicyclic amines) is 1. The molecule has 1 amide bonds. The lowest BCUT2D eigenvalue weighted by molar-refractivity contribution is -0.112. The SMILES string of the molecule is O=C1/C(=N\c2ccccc2)c2ccccc2N1CN1CCCCC1. The first kappa shape index (κ1) is 15.1. The number of anilines is 1. The average molecular weight is 319 g/mol. The maximum Gasteiger partial charge on any atom is 0.278 e. The van der Waals surface area contributed by atoms with Gasteiger partial charge in [-0.1, -0.05) is 42.8 Å². The van der Waals surface area contributed by atoms with Crippen LogP contribution in [0.4, 0.5) is 11.4 Å². The number of fused-ring (bicyclic) bond motifs is 1. The van der Waals surface area contributed by atoms with E-state index < -0.39 is 0 Å². The fourth-order valence-electron chi connectivity index (χ4n) is 3.44. The van der Waals surface area contributed by atoms with Gasteiger partial charge in [-0.05, 0) is 44.1 Å². The van der Waals surface area contributed by atoms with E-state index in [2.05, 4.69) is 9.89 Å². The van der Waals surface area contributed by atoms with E-state index in [1.54, 1.807) is 0 Å². The molecule has 122 valence electrons. The number of carbonyl (C=O) groups is 1. The molecule has 0 unspecified atom stereocenters. The summed E-state index contributed by atoms with van der Waals surface area (Å²) in [7, 11) is 0. The summed E-state index contributed by atoms with van der Waals surface area (Å²) in [5, 5.41) is 0. The molecule has 2 heterocycles. The van der Waals surface area contributed by atoms with Crippen LogP contribution in [0.5, 0.6) is 0 Å². The number of aliphatic imine (C=N–C) groups is 1. The Morgan fingerprint density at radius 1 is 0.875 bits per heavy atom. The monoisotopic (exact) mass is 319 g/mol. The summed E-state index contributed by atoms with van der Waals surface area (Å²) in [5.74, 6) is 0.00521. The summed E-state index contributed by atoms with van der Waals surface area (Å²) in [4.78, 5) is 21.9. The molecule has 0 saturated carbocycles. The second kappa shape index (κ2) is 6.57. The molecular weight excluding hydrogens is 298 g/mol. The zero-order valence-electron chi connectivity index (χ0n) is 13.7. The van der Waals surface area contributed by atoms with Crippen LogP contribution in [0.15, 0.2) is 59.6 Å². The molecule has 0 atom stereocenters. The molecule has 2 aromatic carbocycles. The molecule has 1 saturated heterocycles. The lowest BCUT2D eigenvalue weighted by Crippen LogP contribution is -2.43. The van der Waals surface area contributed by atoms with Gasteiger partial charge in [0.2, 0.25) is 0 Å². The number of benzene rings is 2. The fraction of sp³-hybridized carbons (Fsp3) is 0.300. The van der Waals surface area contributed by atoms with Crippen molar-refractivity contribution in [3.05, 3.63) is 60.2 Å². The van der Waals surface area contributed by atoms with Crippen LogP contribution >= 0.6 is 0 Å². The maximum absolute atomic E-state index is 13.0. The van der Waals surface area contributed by atoms with E-state index in [1.165, 1.54) is 19.3 Å². The molecule has 2 aliphatic rings. The van der Waals surface area contributed by atoms with Crippen LogP contribution in [0.2, 0.25) is 0 Å². The van der Waals surface area contributed by atoms with Crippen molar-refractivity contribution in [2.75, 3.05) is 24.7 Å². The van der Waals surface area contributed by atoms with Gasteiger partial charge in [-0.15, -0.1) is 0 Å². The van der Waals surface area contributed by atoms with Crippen molar-refractivity contribution in [3.63, 3.8) is 0 Å². The third-order valence-electron chi connectivity index (χ3n) is 4.68. The van der Waals surface area contributed by atoms with Gasteiger partial charge in [0.05, 0.1) is 18.0 Å². The summed E-state index contributed by atoms with van der Waals surface area (Å²) in [6, 6.07) is 17.7. The summed E-state index contributed by atoms with van der Waals surface area (Å²) in [6.45, 7) is 2.79. The molecule has 0 bridgehead atoms. The van der Waals surface area contributed by atoms with Crippen LogP contribution < -0.4 is 4.90 Å². The molecule has 0 aliphatic carbocycles. The fourth-order valence-corrected chi connectivity index (χ4v) is 3.44. The minimum atomic E-state index is 0.00521. The third kappa shape index (κ3) is 2.85. The molecule has 2 aromatic rings. The van der Waals surface area contributed by atoms with Crippen molar-refractivity contribution in [1.82, 2.24) is 4.90 Å². The number of amides is 1. The van der Waals surface area contributed by atoms with E-state index in [9.17, 15) is 4.79 Å². The van der Waals surface area contributed by atoms with Gasteiger partial charge in [0.15, 0.2) is 0 Å². The highest BCUT2D eigenvalue weighted by Crippen LogP contribution is 2.31. The van der Waals surface area contributed by atoms with Crippen LogP contribution in [0.1, 0.15) is 24.8 Å². The van der Waals surface area contributed by atoms with Gasteiger partial charge in [0, 0.05) is 5.56 Å². The first-order chi connectivity index (χ1) is 11.8. The van der Waals surface area contributed by atoms with E-state index in [0.717, 1.165) is 30.0 Å². The minimum Gasteiger partial charge on any atom is -0.293 e. The second-order valence-corrected chi connectivity index (χ2v) is 6.37. The van der Waals surface area contributed by atoms with Crippen LogP contribution in [-0.4, -0.2) is 36.3 Å². The third-order valence-corrected chi connectivity index (χ3v) is 4.68. The number of hydrogen-bond donors (Lipinski definition) is 0. The standard InChI is InChI=1S/C20H21N3O/c24-20-19(21-16-9-3-1-4-10-16)17-11-5-6-12-18(17)23(20)15-22-13-7-2-8-14-22/h1,3-6,9-12H,2,7-8,13-15H2/b21-19-. The molecule has 1 fully saturated rings. The molecular formula is C20H21N3O. The maximum atomic E-state index is 13.0. The molecule has 0 N–H and O–H groups in total. The molecule has 0 radical (unpaired) electrons. The Morgan fingerprint density at radius 2 is 1.58 bits per heavy atom. The quantitative estimate of drug-likeness (QED) is 0.866. The number of nitrogens with zero attached hydrogens (tertiary/aromatic N) is 3. The van der Waals surface area contributed by atoms with E-state index in [0.29, 0.717) is 12.4 Å². The molecule has 0 aromatic heterocycles. The lowest BCUT2D eigenvalue weighted by atomic mass is 10.1. The van der Waals surface area contributed by atoms with Gasteiger partial charge < -0.3 is 0 Å². The molecule has 0 spiro atoms. The average Bonchev–Trinajstić information content (AvgIpc) is 2.90. The summed E-state index contributed by atoms with van der Waals surface area (Å²) in [6.07, 6.45) is 3.73. The van der Waals surface area contributed by atoms with Gasteiger partial charge >= 0.3 is 0 Å². The molecule has 4 rings (SSSR count). The van der Waals surface area contributed by atoms with Gasteiger partial charge in [-0.25, -0.2) is 4.99 Å². The smallest absolute Gasteiger partial charge is 0.278 e. The molecule has 4 nitrogen and oxygen atoms in total. The first-order valence-electron chi connectivity index (χ1n) is 8.60. The second-order valence-electron chi connectivity index (χ2n) is 6.37. The van der Waals surface area contributed by atoms with Crippen LogP contribution in [0.25, 0.3) is 0 Å². The Kier molecular flexibility index (Phi) is 4.13. The van der Waals surface area contributed by atoms with E-state index in [4.69, 9.17) is 0 Å². The molecule has 24 heavy (non-hydrogen) atoms. The van der Waals surface area contributed by atoms with Crippen molar-refractivity contribution in [2.24, 2.45) is 4.99 Å². The summed E-state index contributed by atoms with van der Waals surface area (Å²) < 4.78 is 0. The predicted octanol–water partition coefficient (Wildman–Crippen LogP) is 3.60. The zero-order valence-corrected chi connectivity index (χ0v) is 13.7. The molecule has 4 heteroatoms. The predicted molar refractivity (Wildman–Crippen MR) is 96.9 cm³/mol. The Hall–Kier alpha value is -2.46. The van der Waals surface area contributed by atoms with E-state index >= 15 is 0 Å². The van der Waals surface area contributed by atoms with E-state index in [-0.39, 0.29) is 5.91 Å². The topological polar surface area (TPSA) is 35.9 Å². The zero-order chi connectivity index (χ0) is 16.4. The van der Waals surface area contributed by atoms with Crippen molar-refractivity contribution in [3.8, 4) is 0 Å².